The van der Waals surface area contributed by atoms with Crippen molar-refractivity contribution in [2.24, 2.45) is 0 Å². The normalized spacial score (nSPS) is 16.6. The standard InChI is InChI=1S/C19H20FN3O3/c20-15-2-4-16(5-3-15)21-19(24)23-9-7-22(8-10-23)12-14-1-6-17-18(11-14)26-13-25-17/h1-6,11H,7-10,12-13H2,(H,21,24). The molecule has 26 heavy (non-hydrogen) atoms. The minimum Gasteiger partial charge on any atom is -0.454 e. The van der Waals surface area contributed by atoms with Crippen molar-refractivity contribution in [2.75, 3.05) is 38.3 Å². The molecule has 4 rings (SSSR count). The summed E-state index contributed by atoms with van der Waals surface area (Å²) in [4.78, 5) is 16.4. The van der Waals surface area contributed by atoms with Gasteiger partial charge in [-0.1, -0.05) is 6.07 Å². The van der Waals surface area contributed by atoms with Gasteiger partial charge in [0, 0.05) is 38.4 Å². The number of carbonyl (C=O) groups excluding carboxylic acids is 1. The van der Waals surface area contributed by atoms with Crippen LogP contribution in [0.15, 0.2) is 42.5 Å². The summed E-state index contributed by atoms with van der Waals surface area (Å²) < 4.78 is 23.7. The summed E-state index contributed by atoms with van der Waals surface area (Å²) in [7, 11) is 0. The van der Waals surface area contributed by atoms with Gasteiger partial charge in [-0.15, -0.1) is 0 Å². The smallest absolute Gasteiger partial charge is 0.321 e. The average Bonchev–Trinajstić information content (AvgIpc) is 3.12. The van der Waals surface area contributed by atoms with Crippen LogP contribution in [-0.2, 0) is 6.54 Å². The molecule has 1 N–H and O–H groups in total. The van der Waals surface area contributed by atoms with Crippen molar-refractivity contribution in [2.45, 2.75) is 6.54 Å². The summed E-state index contributed by atoms with van der Waals surface area (Å²) in [5.74, 6) is 1.26. The van der Waals surface area contributed by atoms with Crippen LogP contribution in [0.25, 0.3) is 0 Å². The Bertz CT molecular complexity index is 789. The summed E-state index contributed by atoms with van der Waals surface area (Å²) in [6.07, 6.45) is 0. The molecule has 1 fully saturated rings. The van der Waals surface area contributed by atoms with Crippen LogP contribution in [0.4, 0.5) is 14.9 Å². The van der Waals surface area contributed by atoms with Crippen LogP contribution in [0.5, 0.6) is 11.5 Å². The lowest BCUT2D eigenvalue weighted by Crippen LogP contribution is -2.49. The fourth-order valence-corrected chi connectivity index (χ4v) is 3.14. The number of urea groups is 1. The Morgan fingerprint density at radius 1 is 1.00 bits per heavy atom. The van der Waals surface area contributed by atoms with Gasteiger partial charge in [0.25, 0.3) is 0 Å². The Morgan fingerprint density at radius 2 is 1.73 bits per heavy atom. The maximum atomic E-state index is 12.9. The van der Waals surface area contributed by atoms with E-state index in [9.17, 15) is 9.18 Å². The molecule has 7 heteroatoms. The number of fused-ring (bicyclic) bond motifs is 1. The molecule has 2 amide bonds. The number of piperazine rings is 1. The summed E-state index contributed by atoms with van der Waals surface area (Å²) in [6.45, 7) is 3.98. The average molecular weight is 357 g/mol. The summed E-state index contributed by atoms with van der Waals surface area (Å²) in [5, 5.41) is 2.80. The van der Waals surface area contributed by atoms with Crippen LogP contribution in [0, 0.1) is 5.82 Å². The third-order valence-corrected chi connectivity index (χ3v) is 4.60. The van der Waals surface area contributed by atoms with Crippen LogP contribution >= 0.6 is 0 Å². The van der Waals surface area contributed by atoms with Gasteiger partial charge in [-0.3, -0.25) is 4.90 Å². The molecule has 0 aliphatic carbocycles. The van der Waals surface area contributed by atoms with Gasteiger partial charge in [-0.25, -0.2) is 9.18 Å². The van der Waals surface area contributed by atoms with E-state index in [1.165, 1.54) is 17.7 Å². The number of hydrogen-bond donors (Lipinski definition) is 1. The molecule has 1 saturated heterocycles. The number of halogens is 1. The Kier molecular flexibility index (Phi) is 4.62. The van der Waals surface area contributed by atoms with Gasteiger partial charge in [0.05, 0.1) is 0 Å². The summed E-state index contributed by atoms with van der Waals surface area (Å²) in [5.41, 5.74) is 1.76. The minimum absolute atomic E-state index is 0.153. The SMILES string of the molecule is O=C(Nc1ccc(F)cc1)N1CCN(Cc2ccc3c(c2)OCO3)CC1. The first-order chi connectivity index (χ1) is 12.7. The molecule has 136 valence electrons. The van der Waals surface area contributed by atoms with Crippen LogP contribution in [0.1, 0.15) is 5.56 Å². The molecule has 2 aromatic carbocycles. The molecule has 0 atom stereocenters. The van der Waals surface area contributed by atoms with Crippen molar-refractivity contribution >= 4 is 11.7 Å². The first-order valence-electron chi connectivity index (χ1n) is 8.60. The van der Waals surface area contributed by atoms with E-state index in [0.29, 0.717) is 18.8 Å². The van der Waals surface area contributed by atoms with Crippen LogP contribution < -0.4 is 14.8 Å². The van der Waals surface area contributed by atoms with Crippen LogP contribution in [-0.4, -0.2) is 48.8 Å². The van der Waals surface area contributed by atoms with Gasteiger partial charge in [-0.2, -0.15) is 0 Å². The van der Waals surface area contributed by atoms with E-state index in [2.05, 4.69) is 10.2 Å². The Morgan fingerprint density at radius 3 is 2.50 bits per heavy atom. The van der Waals surface area contributed by atoms with Crippen molar-refractivity contribution in [1.29, 1.82) is 0 Å². The van der Waals surface area contributed by atoms with E-state index in [0.717, 1.165) is 31.1 Å². The molecule has 6 nitrogen and oxygen atoms in total. The lowest BCUT2D eigenvalue weighted by molar-refractivity contribution is 0.143. The van der Waals surface area contributed by atoms with Gasteiger partial charge in [0.15, 0.2) is 11.5 Å². The number of rotatable bonds is 3. The molecule has 2 aliphatic heterocycles. The number of anilines is 1. The molecule has 0 saturated carbocycles. The van der Waals surface area contributed by atoms with E-state index >= 15 is 0 Å². The maximum absolute atomic E-state index is 12.9. The van der Waals surface area contributed by atoms with Crippen molar-refractivity contribution < 1.29 is 18.7 Å². The second-order valence-corrected chi connectivity index (χ2v) is 6.39. The summed E-state index contributed by atoms with van der Waals surface area (Å²) >= 11 is 0. The fraction of sp³-hybridized carbons (Fsp3) is 0.316. The highest BCUT2D eigenvalue weighted by molar-refractivity contribution is 5.89. The molecule has 0 spiro atoms. The number of amides is 2. The Balaban J connectivity index is 1.28. The molecular formula is C19H20FN3O3. The zero-order valence-electron chi connectivity index (χ0n) is 14.3. The van der Waals surface area contributed by atoms with Gasteiger partial charge >= 0.3 is 6.03 Å². The van der Waals surface area contributed by atoms with E-state index < -0.39 is 0 Å². The first-order valence-corrected chi connectivity index (χ1v) is 8.60. The summed E-state index contributed by atoms with van der Waals surface area (Å²) in [6, 6.07) is 11.6. The third-order valence-electron chi connectivity index (χ3n) is 4.60. The number of hydrogen-bond acceptors (Lipinski definition) is 4. The van der Waals surface area contributed by atoms with Gasteiger partial charge in [0.2, 0.25) is 6.79 Å². The van der Waals surface area contributed by atoms with Crippen molar-refractivity contribution in [3.63, 3.8) is 0 Å². The monoisotopic (exact) mass is 357 g/mol. The van der Waals surface area contributed by atoms with Crippen molar-refractivity contribution in [1.82, 2.24) is 9.80 Å². The molecule has 0 unspecified atom stereocenters. The van der Waals surface area contributed by atoms with Gasteiger partial charge < -0.3 is 19.7 Å². The fourth-order valence-electron chi connectivity index (χ4n) is 3.14. The zero-order valence-corrected chi connectivity index (χ0v) is 14.3. The highest BCUT2D eigenvalue weighted by atomic mass is 19.1. The lowest BCUT2D eigenvalue weighted by Gasteiger charge is -2.34. The largest absolute Gasteiger partial charge is 0.454 e. The second kappa shape index (κ2) is 7.21. The van der Waals surface area contributed by atoms with Crippen LogP contribution in [0.2, 0.25) is 0 Å². The number of carbonyl (C=O) groups is 1. The number of ether oxygens (including phenoxy) is 2. The highest BCUT2D eigenvalue weighted by Crippen LogP contribution is 2.32. The molecule has 0 radical (unpaired) electrons. The molecular weight excluding hydrogens is 337 g/mol. The number of benzene rings is 2. The molecule has 0 bridgehead atoms. The van der Waals surface area contributed by atoms with Crippen LogP contribution in [0.3, 0.4) is 0 Å². The van der Waals surface area contributed by atoms with E-state index in [4.69, 9.17) is 9.47 Å². The maximum Gasteiger partial charge on any atom is 0.321 e. The van der Waals surface area contributed by atoms with E-state index in [1.54, 1.807) is 17.0 Å². The third kappa shape index (κ3) is 3.72. The second-order valence-electron chi connectivity index (χ2n) is 6.39. The highest BCUT2D eigenvalue weighted by Gasteiger charge is 2.22. The van der Waals surface area contributed by atoms with Gasteiger partial charge in [-0.05, 0) is 42.0 Å². The van der Waals surface area contributed by atoms with Gasteiger partial charge in [0.1, 0.15) is 5.82 Å². The molecule has 0 aromatic heterocycles. The predicted molar refractivity (Wildman–Crippen MR) is 94.8 cm³/mol. The Hall–Kier alpha value is -2.80. The first kappa shape index (κ1) is 16.7. The molecule has 2 aromatic rings. The lowest BCUT2D eigenvalue weighted by atomic mass is 10.1. The van der Waals surface area contributed by atoms with Crippen molar-refractivity contribution in [3.05, 3.63) is 53.8 Å². The zero-order chi connectivity index (χ0) is 17.9. The van der Waals surface area contributed by atoms with E-state index in [-0.39, 0.29) is 18.6 Å². The topological polar surface area (TPSA) is 54.0 Å². The van der Waals surface area contributed by atoms with E-state index in [1.807, 2.05) is 18.2 Å². The predicted octanol–water partition coefficient (Wildman–Crippen LogP) is 2.90. The van der Waals surface area contributed by atoms with Crippen molar-refractivity contribution in [3.8, 4) is 11.5 Å². The molecule has 2 aliphatic rings. The minimum atomic E-state index is -0.319. The number of nitrogens with zero attached hydrogens (tertiary/aromatic N) is 2. The number of nitrogens with one attached hydrogen (secondary N) is 1. The Labute approximate surface area is 151 Å². The quantitative estimate of drug-likeness (QED) is 0.918. The molecule has 2 heterocycles.